The minimum atomic E-state index is 0.0339. The van der Waals surface area contributed by atoms with Gasteiger partial charge in [-0.05, 0) is 19.1 Å². The Bertz CT molecular complexity index is 922. The average Bonchev–Trinajstić information content (AvgIpc) is 2.74. The molecular formula is C21H21N5O. The van der Waals surface area contributed by atoms with Crippen LogP contribution in [-0.4, -0.2) is 51.9 Å². The molecule has 2 aromatic heterocycles. The number of aromatic nitrogens is 3. The van der Waals surface area contributed by atoms with Gasteiger partial charge < -0.3 is 9.80 Å². The fraction of sp³-hybridized carbons (Fsp3) is 0.238. The molecule has 136 valence electrons. The predicted molar refractivity (Wildman–Crippen MR) is 105 cm³/mol. The second kappa shape index (κ2) is 7.53. The molecule has 0 saturated carbocycles. The third-order valence-corrected chi connectivity index (χ3v) is 4.69. The number of rotatable bonds is 3. The van der Waals surface area contributed by atoms with Gasteiger partial charge in [-0.25, -0.2) is 9.97 Å². The summed E-state index contributed by atoms with van der Waals surface area (Å²) < 4.78 is 0. The Balaban J connectivity index is 1.48. The summed E-state index contributed by atoms with van der Waals surface area (Å²) in [7, 11) is 0. The predicted octanol–water partition coefficient (Wildman–Crippen LogP) is 2.81. The highest BCUT2D eigenvalue weighted by atomic mass is 16.2. The van der Waals surface area contributed by atoms with Crippen LogP contribution < -0.4 is 4.90 Å². The zero-order valence-electron chi connectivity index (χ0n) is 15.2. The summed E-state index contributed by atoms with van der Waals surface area (Å²) >= 11 is 0. The van der Waals surface area contributed by atoms with Gasteiger partial charge in [0.25, 0.3) is 5.91 Å². The van der Waals surface area contributed by atoms with Crippen molar-refractivity contribution < 1.29 is 4.79 Å². The molecule has 1 aliphatic rings. The summed E-state index contributed by atoms with van der Waals surface area (Å²) in [6.45, 7) is 4.74. The molecule has 1 saturated heterocycles. The first-order valence-corrected chi connectivity index (χ1v) is 9.06. The van der Waals surface area contributed by atoms with Crippen molar-refractivity contribution in [2.75, 3.05) is 31.1 Å². The maximum absolute atomic E-state index is 12.6. The first-order valence-electron chi connectivity index (χ1n) is 9.06. The van der Waals surface area contributed by atoms with Crippen molar-refractivity contribution in [2.24, 2.45) is 0 Å². The van der Waals surface area contributed by atoms with Gasteiger partial charge in [-0.3, -0.25) is 9.78 Å². The first kappa shape index (κ1) is 17.1. The fourth-order valence-corrected chi connectivity index (χ4v) is 3.28. The van der Waals surface area contributed by atoms with Crippen LogP contribution in [0.4, 0.5) is 5.82 Å². The van der Waals surface area contributed by atoms with Gasteiger partial charge in [0, 0.05) is 50.2 Å². The van der Waals surface area contributed by atoms with E-state index in [1.54, 1.807) is 18.5 Å². The minimum absolute atomic E-state index is 0.0339. The standard InChI is InChI=1S/C21H21N5O/c1-16-23-19(17-6-3-2-4-7-17)14-20(24-16)25-10-12-26(13-11-25)21(27)18-8-5-9-22-15-18/h2-9,14-15H,10-13H2,1H3. The molecule has 6 nitrogen and oxygen atoms in total. The van der Waals surface area contributed by atoms with Crippen LogP contribution in [0.1, 0.15) is 16.2 Å². The van der Waals surface area contributed by atoms with Gasteiger partial charge in [-0.1, -0.05) is 30.3 Å². The molecule has 1 aromatic carbocycles. The highest BCUT2D eigenvalue weighted by molar-refractivity contribution is 5.94. The normalized spacial score (nSPS) is 14.3. The van der Waals surface area contributed by atoms with Crippen molar-refractivity contribution in [3.63, 3.8) is 0 Å². The van der Waals surface area contributed by atoms with Gasteiger partial charge in [-0.2, -0.15) is 0 Å². The Kier molecular flexibility index (Phi) is 4.78. The number of amides is 1. The zero-order valence-corrected chi connectivity index (χ0v) is 15.2. The van der Waals surface area contributed by atoms with Crippen LogP contribution in [-0.2, 0) is 0 Å². The van der Waals surface area contributed by atoms with Crippen LogP contribution in [0.2, 0.25) is 0 Å². The largest absolute Gasteiger partial charge is 0.353 e. The Labute approximate surface area is 158 Å². The van der Waals surface area contributed by atoms with E-state index in [0.717, 1.165) is 36.0 Å². The molecule has 0 N–H and O–H groups in total. The van der Waals surface area contributed by atoms with E-state index in [2.05, 4.69) is 32.0 Å². The Hall–Kier alpha value is -3.28. The van der Waals surface area contributed by atoms with Gasteiger partial charge in [0.2, 0.25) is 0 Å². The van der Waals surface area contributed by atoms with E-state index in [1.807, 2.05) is 42.2 Å². The molecule has 1 fully saturated rings. The summed E-state index contributed by atoms with van der Waals surface area (Å²) in [5.41, 5.74) is 2.64. The number of hydrogen-bond acceptors (Lipinski definition) is 5. The van der Waals surface area contributed by atoms with Crippen LogP contribution in [0.15, 0.2) is 60.9 Å². The number of carbonyl (C=O) groups excluding carboxylic acids is 1. The molecule has 1 aliphatic heterocycles. The summed E-state index contributed by atoms with van der Waals surface area (Å²) in [5, 5.41) is 0. The molecule has 0 radical (unpaired) electrons. The molecule has 0 unspecified atom stereocenters. The van der Waals surface area contributed by atoms with Gasteiger partial charge in [-0.15, -0.1) is 0 Å². The summed E-state index contributed by atoms with van der Waals surface area (Å²) in [6, 6.07) is 15.7. The highest BCUT2D eigenvalue weighted by Gasteiger charge is 2.23. The molecular weight excluding hydrogens is 338 g/mol. The number of piperazine rings is 1. The Morgan fingerprint density at radius 1 is 0.963 bits per heavy atom. The first-order chi connectivity index (χ1) is 13.2. The lowest BCUT2D eigenvalue weighted by Gasteiger charge is -2.35. The third kappa shape index (κ3) is 3.79. The minimum Gasteiger partial charge on any atom is -0.353 e. The maximum Gasteiger partial charge on any atom is 0.255 e. The third-order valence-electron chi connectivity index (χ3n) is 4.69. The molecule has 0 aliphatic carbocycles. The lowest BCUT2D eigenvalue weighted by molar-refractivity contribution is 0.0746. The van der Waals surface area contributed by atoms with Crippen LogP contribution >= 0.6 is 0 Å². The van der Waals surface area contributed by atoms with Crippen molar-refractivity contribution in [3.8, 4) is 11.3 Å². The van der Waals surface area contributed by atoms with E-state index in [-0.39, 0.29) is 5.91 Å². The average molecular weight is 359 g/mol. The SMILES string of the molecule is Cc1nc(-c2ccccc2)cc(N2CCN(C(=O)c3cccnc3)CC2)n1. The monoisotopic (exact) mass is 359 g/mol. The summed E-state index contributed by atoms with van der Waals surface area (Å²) in [6.07, 6.45) is 3.30. The highest BCUT2D eigenvalue weighted by Crippen LogP contribution is 2.22. The lowest BCUT2D eigenvalue weighted by atomic mass is 10.1. The summed E-state index contributed by atoms with van der Waals surface area (Å²) in [5.74, 6) is 1.70. The maximum atomic E-state index is 12.6. The quantitative estimate of drug-likeness (QED) is 0.720. The molecule has 0 atom stereocenters. The number of aryl methyl sites for hydroxylation is 1. The van der Waals surface area contributed by atoms with E-state index in [1.165, 1.54) is 0 Å². The summed E-state index contributed by atoms with van der Waals surface area (Å²) in [4.78, 5) is 29.9. The van der Waals surface area contributed by atoms with E-state index >= 15 is 0 Å². The van der Waals surface area contributed by atoms with E-state index in [4.69, 9.17) is 0 Å². The molecule has 3 aromatic rings. The van der Waals surface area contributed by atoms with Crippen molar-refractivity contribution in [1.29, 1.82) is 0 Å². The fourth-order valence-electron chi connectivity index (χ4n) is 3.28. The Morgan fingerprint density at radius 2 is 1.74 bits per heavy atom. The number of anilines is 1. The van der Waals surface area contributed by atoms with Crippen molar-refractivity contribution in [3.05, 3.63) is 72.3 Å². The van der Waals surface area contributed by atoms with Crippen LogP contribution in [0, 0.1) is 6.92 Å². The number of hydrogen-bond donors (Lipinski definition) is 0. The second-order valence-corrected chi connectivity index (χ2v) is 6.55. The van der Waals surface area contributed by atoms with E-state index in [9.17, 15) is 4.79 Å². The number of benzene rings is 1. The Morgan fingerprint density at radius 3 is 2.44 bits per heavy atom. The van der Waals surface area contributed by atoms with Crippen LogP contribution in [0.3, 0.4) is 0 Å². The molecule has 0 spiro atoms. The molecule has 0 bridgehead atoms. The second-order valence-electron chi connectivity index (χ2n) is 6.55. The lowest BCUT2D eigenvalue weighted by Crippen LogP contribution is -2.49. The number of pyridine rings is 1. The van der Waals surface area contributed by atoms with Crippen molar-refractivity contribution in [2.45, 2.75) is 6.92 Å². The van der Waals surface area contributed by atoms with E-state index in [0.29, 0.717) is 18.7 Å². The zero-order chi connectivity index (χ0) is 18.6. The van der Waals surface area contributed by atoms with Crippen LogP contribution in [0.25, 0.3) is 11.3 Å². The number of nitrogens with zero attached hydrogens (tertiary/aromatic N) is 5. The van der Waals surface area contributed by atoms with Gasteiger partial charge >= 0.3 is 0 Å². The molecule has 4 rings (SSSR count). The molecule has 1 amide bonds. The number of carbonyl (C=O) groups is 1. The van der Waals surface area contributed by atoms with Crippen LogP contribution in [0.5, 0.6) is 0 Å². The van der Waals surface area contributed by atoms with Gasteiger partial charge in [0.1, 0.15) is 11.6 Å². The molecule has 6 heteroatoms. The molecule has 27 heavy (non-hydrogen) atoms. The van der Waals surface area contributed by atoms with Crippen molar-refractivity contribution in [1.82, 2.24) is 19.9 Å². The van der Waals surface area contributed by atoms with Gasteiger partial charge in [0.15, 0.2) is 0 Å². The smallest absolute Gasteiger partial charge is 0.255 e. The topological polar surface area (TPSA) is 62.2 Å². The van der Waals surface area contributed by atoms with E-state index < -0.39 is 0 Å². The van der Waals surface area contributed by atoms with Gasteiger partial charge in [0.05, 0.1) is 11.3 Å². The van der Waals surface area contributed by atoms with Crippen molar-refractivity contribution >= 4 is 11.7 Å². The molecule has 3 heterocycles.